The number of amides is 1. The molecule has 1 aliphatic heterocycles. The lowest BCUT2D eigenvalue weighted by atomic mass is 10.0. The topological polar surface area (TPSA) is 29.5 Å². The van der Waals surface area contributed by atoms with E-state index in [4.69, 9.17) is 4.74 Å². The predicted octanol–water partition coefficient (Wildman–Crippen LogP) is 3.37. The van der Waals surface area contributed by atoms with Crippen LogP contribution in [0.4, 0.5) is 4.79 Å². The fourth-order valence-electron chi connectivity index (χ4n) is 2.41. The standard InChI is InChI=1S/C14H19NO2/c1-3-7-11(2)15-13(10-17-14(15)16)12-8-5-4-6-9-12/h4-6,8-9,11,13H,3,7,10H2,1-2H3/t11-,13+/m1/s1. The van der Waals surface area contributed by atoms with Crippen molar-refractivity contribution >= 4 is 6.09 Å². The first kappa shape index (κ1) is 12.0. The number of carbonyl (C=O) groups excluding carboxylic acids is 1. The molecule has 1 aromatic rings. The van der Waals surface area contributed by atoms with Gasteiger partial charge in [-0.05, 0) is 18.9 Å². The minimum atomic E-state index is -0.181. The molecule has 0 bridgehead atoms. The van der Waals surface area contributed by atoms with Gasteiger partial charge in [-0.25, -0.2) is 4.79 Å². The van der Waals surface area contributed by atoms with Crippen LogP contribution in [0.25, 0.3) is 0 Å². The first-order valence-corrected chi connectivity index (χ1v) is 6.24. The summed E-state index contributed by atoms with van der Waals surface area (Å²) in [4.78, 5) is 13.7. The first-order valence-electron chi connectivity index (χ1n) is 6.24. The Morgan fingerprint density at radius 1 is 1.41 bits per heavy atom. The molecule has 0 spiro atoms. The summed E-state index contributed by atoms with van der Waals surface area (Å²) in [5.41, 5.74) is 1.15. The summed E-state index contributed by atoms with van der Waals surface area (Å²) in [7, 11) is 0. The second kappa shape index (κ2) is 5.21. The van der Waals surface area contributed by atoms with Gasteiger partial charge in [-0.2, -0.15) is 0 Å². The van der Waals surface area contributed by atoms with E-state index in [9.17, 15) is 4.79 Å². The zero-order valence-corrected chi connectivity index (χ0v) is 10.4. The van der Waals surface area contributed by atoms with Crippen LogP contribution in [0.3, 0.4) is 0 Å². The van der Waals surface area contributed by atoms with Crippen LogP contribution in [0.1, 0.15) is 38.3 Å². The van der Waals surface area contributed by atoms with Gasteiger partial charge in [0.2, 0.25) is 0 Å². The third-order valence-corrected chi connectivity index (χ3v) is 3.28. The van der Waals surface area contributed by atoms with Gasteiger partial charge in [-0.1, -0.05) is 43.7 Å². The minimum absolute atomic E-state index is 0.0743. The Morgan fingerprint density at radius 3 is 2.76 bits per heavy atom. The second-order valence-corrected chi connectivity index (χ2v) is 4.55. The van der Waals surface area contributed by atoms with Crippen LogP contribution < -0.4 is 0 Å². The number of benzene rings is 1. The number of carbonyl (C=O) groups is 1. The highest BCUT2D eigenvalue weighted by Gasteiger charge is 2.36. The molecule has 1 aliphatic rings. The number of hydrogen-bond donors (Lipinski definition) is 0. The highest BCUT2D eigenvalue weighted by molar-refractivity contribution is 5.71. The zero-order valence-electron chi connectivity index (χ0n) is 10.4. The average molecular weight is 233 g/mol. The number of nitrogens with zero attached hydrogens (tertiary/aromatic N) is 1. The molecule has 0 aromatic heterocycles. The summed E-state index contributed by atoms with van der Waals surface area (Å²) in [6.07, 6.45) is 1.91. The Hall–Kier alpha value is -1.51. The first-order chi connectivity index (χ1) is 8.24. The van der Waals surface area contributed by atoms with Gasteiger partial charge in [-0.3, -0.25) is 4.90 Å². The molecule has 2 rings (SSSR count). The van der Waals surface area contributed by atoms with Crippen molar-refractivity contribution in [2.24, 2.45) is 0 Å². The molecule has 1 heterocycles. The SMILES string of the molecule is CCC[C@@H](C)N1C(=O)OC[C@H]1c1ccccc1. The maximum Gasteiger partial charge on any atom is 0.410 e. The van der Waals surface area contributed by atoms with Crippen molar-refractivity contribution in [1.82, 2.24) is 4.90 Å². The lowest BCUT2D eigenvalue weighted by Gasteiger charge is -2.27. The Labute approximate surface area is 102 Å². The lowest BCUT2D eigenvalue weighted by Crippen LogP contribution is -2.35. The van der Waals surface area contributed by atoms with Gasteiger partial charge in [0.1, 0.15) is 6.61 Å². The third kappa shape index (κ3) is 2.43. The van der Waals surface area contributed by atoms with Crippen molar-refractivity contribution in [3.63, 3.8) is 0 Å². The van der Waals surface area contributed by atoms with Crippen molar-refractivity contribution in [3.05, 3.63) is 35.9 Å². The van der Waals surface area contributed by atoms with E-state index in [-0.39, 0.29) is 18.2 Å². The fraction of sp³-hybridized carbons (Fsp3) is 0.500. The van der Waals surface area contributed by atoms with Crippen molar-refractivity contribution in [2.45, 2.75) is 38.8 Å². The normalized spacial score (nSPS) is 21.4. The van der Waals surface area contributed by atoms with Gasteiger partial charge in [-0.15, -0.1) is 0 Å². The van der Waals surface area contributed by atoms with Crippen LogP contribution >= 0.6 is 0 Å². The van der Waals surface area contributed by atoms with Gasteiger partial charge in [0, 0.05) is 6.04 Å². The quantitative estimate of drug-likeness (QED) is 0.798. The largest absolute Gasteiger partial charge is 0.447 e. The van der Waals surface area contributed by atoms with Crippen LogP contribution in [-0.2, 0) is 4.74 Å². The van der Waals surface area contributed by atoms with Gasteiger partial charge in [0.05, 0.1) is 6.04 Å². The molecule has 0 unspecified atom stereocenters. The van der Waals surface area contributed by atoms with Crippen molar-refractivity contribution in [1.29, 1.82) is 0 Å². The number of ether oxygens (including phenoxy) is 1. The molecule has 2 atom stereocenters. The predicted molar refractivity (Wildman–Crippen MR) is 66.7 cm³/mol. The lowest BCUT2D eigenvalue weighted by molar-refractivity contribution is 0.144. The summed E-state index contributed by atoms with van der Waals surface area (Å²) < 4.78 is 5.19. The van der Waals surface area contributed by atoms with E-state index in [2.05, 4.69) is 26.0 Å². The summed E-state index contributed by atoms with van der Waals surface area (Å²) in [5.74, 6) is 0. The maximum absolute atomic E-state index is 11.8. The molecule has 1 amide bonds. The van der Waals surface area contributed by atoms with Crippen LogP contribution in [0.15, 0.2) is 30.3 Å². The molecule has 17 heavy (non-hydrogen) atoms. The van der Waals surface area contributed by atoms with Crippen LogP contribution in [0, 0.1) is 0 Å². The minimum Gasteiger partial charge on any atom is -0.447 e. The van der Waals surface area contributed by atoms with Gasteiger partial charge >= 0.3 is 6.09 Å². The number of cyclic esters (lactones) is 1. The molecule has 1 fully saturated rings. The van der Waals surface area contributed by atoms with E-state index in [1.54, 1.807) is 0 Å². The molecule has 0 aliphatic carbocycles. The Kier molecular flexibility index (Phi) is 3.67. The summed E-state index contributed by atoms with van der Waals surface area (Å²) in [6, 6.07) is 10.4. The highest BCUT2D eigenvalue weighted by atomic mass is 16.6. The number of hydrogen-bond acceptors (Lipinski definition) is 2. The summed E-state index contributed by atoms with van der Waals surface area (Å²) in [5, 5.41) is 0. The molecule has 0 saturated carbocycles. The molecular weight excluding hydrogens is 214 g/mol. The van der Waals surface area contributed by atoms with E-state index in [1.165, 1.54) is 0 Å². The molecule has 92 valence electrons. The monoisotopic (exact) mass is 233 g/mol. The molecule has 3 heteroatoms. The van der Waals surface area contributed by atoms with E-state index in [0.29, 0.717) is 6.61 Å². The van der Waals surface area contributed by atoms with E-state index >= 15 is 0 Å². The Balaban J connectivity index is 2.19. The van der Waals surface area contributed by atoms with Crippen LogP contribution in [0.5, 0.6) is 0 Å². The van der Waals surface area contributed by atoms with E-state index < -0.39 is 0 Å². The smallest absolute Gasteiger partial charge is 0.410 e. The van der Waals surface area contributed by atoms with Gasteiger partial charge < -0.3 is 4.74 Å². The van der Waals surface area contributed by atoms with Crippen LogP contribution in [-0.4, -0.2) is 23.6 Å². The Morgan fingerprint density at radius 2 is 2.12 bits per heavy atom. The molecule has 1 saturated heterocycles. The molecule has 0 N–H and O–H groups in total. The second-order valence-electron chi connectivity index (χ2n) is 4.55. The molecule has 1 aromatic carbocycles. The van der Waals surface area contributed by atoms with Gasteiger partial charge in [0.15, 0.2) is 0 Å². The molecule has 0 radical (unpaired) electrons. The van der Waals surface area contributed by atoms with E-state index in [0.717, 1.165) is 18.4 Å². The molecule has 3 nitrogen and oxygen atoms in total. The van der Waals surface area contributed by atoms with Gasteiger partial charge in [0.25, 0.3) is 0 Å². The summed E-state index contributed by atoms with van der Waals surface area (Å²) >= 11 is 0. The summed E-state index contributed by atoms with van der Waals surface area (Å²) in [6.45, 7) is 4.69. The van der Waals surface area contributed by atoms with Crippen molar-refractivity contribution < 1.29 is 9.53 Å². The maximum atomic E-state index is 11.8. The third-order valence-electron chi connectivity index (χ3n) is 3.28. The Bertz CT molecular complexity index is 377. The fourth-order valence-corrected chi connectivity index (χ4v) is 2.41. The van der Waals surface area contributed by atoms with Crippen molar-refractivity contribution in [2.75, 3.05) is 6.61 Å². The average Bonchev–Trinajstić information content (AvgIpc) is 2.73. The van der Waals surface area contributed by atoms with Crippen LogP contribution in [0.2, 0.25) is 0 Å². The highest BCUT2D eigenvalue weighted by Crippen LogP contribution is 2.30. The van der Waals surface area contributed by atoms with E-state index in [1.807, 2.05) is 23.1 Å². The van der Waals surface area contributed by atoms with Crippen molar-refractivity contribution in [3.8, 4) is 0 Å². The number of rotatable bonds is 4. The zero-order chi connectivity index (χ0) is 12.3. The molecular formula is C14H19NO2.